The van der Waals surface area contributed by atoms with E-state index in [4.69, 9.17) is 10.5 Å². The molecule has 0 radical (unpaired) electrons. The van der Waals surface area contributed by atoms with Crippen LogP contribution in [-0.2, 0) is 4.79 Å². The monoisotopic (exact) mass is 399 g/mol. The normalized spacial score (nSPS) is 18.3. The van der Waals surface area contributed by atoms with E-state index in [9.17, 15) is 4.79 Å². The molecule has 1 aromatic carbocycles. The smallest absolute Gasteiger partial charge is 0.236 e. The number of piperidine rings is 1. The minimum Gasteiger partial charge on any atom is -0.495 e. The third-order valence-electron chi connectivity index (χ3n) is 5.94. The van der Waals surface area contributed by atoms with Gasteiger partial charge in [0.25, 0.3) is 0 Å². The summed E-state index contributed by atoms with van der Waals surface area (Å²) in [5.41, 5.74) is 8.63. The molecule has 1 aromatic rings. The standard InChI is InChI=1S/C22H33N5O2/c1-16-12-20(25-17(2)24-15-23)21(29-3)13-19(16)18-6-10-27(11-7-18)22(28)14-26-8-4-5-9-26/h12-13,15,18,25H,2,4-11,14H2,1,3H3,(H2,23,24). The summed E-state index contributed by atoms with van der Waals surface area (Å²) >= 11 is 0. The van der Waals surface area contributed by atoms with Crippen molar-refractivity contribution in [2.45, 2.75) is 38.5 Å². The van der Waals surface area contributed by atoms with Crippen molar-refractivity contribution in [1.82, 2.24) is 9.80 Å². The fourth-order valence-corrected chi connectivity index (χ4v) is 4.36. The van der Waals surface area contributed by atoms with Gasteiger partial charge in [0, 0.05) is 13.1 Å². The van der Waals surface area contributed by atoms with Gasteiger partial charge in [-0.2, -0.15) is 0 Å². The Labute approximate surface area is 173 Å². The van der Waals surface area contributed by atoms with E-state index in [1.807, 2.05) is 4.90 Å². The predicted molar refractivity (Wildman–Crippen MR) is 117 cm³/mol. The van der Waals surface area contributed by atoms with Crippen LogP contribution in [0.1, 0.15) is 42.7 Å². The highest BCUT2D eigenvalue weighted by molar-refractivity contribution is 5.78. The third kappa shape index (κ3) is 5.29. The molecule has 29 heavy (non-hydrogen) atoms. The molecule has 2 aliphatic rings. The van der Waals surface area contributed by atoms with E-state index in [0.29, 0.717) is 18.3 Å². The van der Waals surface area contributed by atoms with Gasteiger partial charge in [-0.3, -0.25) is 9.69 Å². The molecule has 2 heterocycles. The van der Waals surface area contributed by atoms with Gasteiger partial charge in [-0.15, -0.1) is 0 Å². The Hall–Kier alpha value is -2.54. The molecule has 1 amide bonds. The van der Waals surface area contributed by atoms with E-state index in [-0.39, 0.29) is 5.91 Å². The number of rotatable bonds is 7. The number of nitrogens with zero attached hydrogens (tertiary/aromatic N) is 3. The predicted octanol–water partition coefficient (Wildman–Crippen LogP) is 2.68. The lowest BCUT2D eigenvalue weighted by Gasteiger charge is -2.34. The average molecular weight is 400 g/mol. The molecule has 2 aliphatic heterocycles. The summed E-state index contributed by atoms with van der Waals surface area (Å²) in [7, 11) is 1.66. The van der Waals surface area contributed by atoms with Crippen LogP contribution in [-0.4, -0.2) is 61.9 Å². The SMILES string of the molecule is C=C(/N=C/N)Nc1cc(C)c(C2CCN(C(=O)CN3CCCC3)CC2)cc1OC. The maximum Gasteiger partial charge on any atom is 0.236 e. The van der Waals surface area contributed by atoms with Crippen LogP contribution >= 0.6 is 0 Å². The van der Waals surface area contributed by atoms with Gasteiger partial charge in [-0.1, -0.05) is 6.58 Å². The van der Waals surface area contributed by atoms with Crippen molar-refractivity contribution in [3.63, 3.8) is 0 Å². The summed E-state index contributed by atoms with van der Waals surface area (Å²) in [6.07, 6.45) is 5.60. The van der Waals surface area contributed by atoms with Crippen LogP contribution in [0, 0.1) is 6.92 Å². The summed E-state index contributed by atoms with van der Waals surface area (Å²) in [5, 5.41) is 3.13. The maximum atomic E-state index is 12.6. The number of anilines is 1. The van der Waals surface area contributed by atoms with Crippen LogP contribution in [0.2, 0.25) is 0 Å². The summed E-state index contributed by atoms with van der Waals surface area (Å²) in [6.45, 7) is 10.3. The Balaban J connectivity index is 1.63. The Morgan fingerprint density at radius 3 is 2.62 bits per heavy atom. The Bertz CT molecular complexity index is 763. The van der Waals surface area contributed by atoms with E-state index in [1.165, 1.54) is 30.3 Å². The van der Waals surface area contributed by atoms with Gasteiger partial charge in [0.05, 0.1) is 25.7 Å². The van der Waals surface area contributed by atoms with Crippen molar-refractivity contribution < 1.29 is 9.53 Å². The number of carbonyl (C=O) groups is 1. The van der Waals surface area contributed by atoms with Crippen LogP contribution in [0.3, 0.4) is 0 Å². The molecule has 0 atom stereocenters. The van der Waals surface area contributed by atoms with Crippen LogP contribution in [0.4, 0.5) is 5.69 Å². The van der Waals surface area contributed by atoms with Crippen molar-refractivity contribution in [3.05, 3.63) is 35.7 Å². The average Bonchev–Trinajstić information content (AvgIpc) is 3.21. The maximum absolute atomic E-state index is 12.6. The van der Waals surface area contributed by atoms with E-state index >= 15 is 0 Å². The minimum absolute atomic E-state index is 0.276. The van der Waals surface area contributed by atoms with E-state index in [0.717, 1.165) is 50.5 Å². The molecule has 0 unspecified atom stereocenters. The van der Waals surface area contributed by atoms with Crippen molar-refractivity contribution in [1.29, 1.82) is 0 Å². The molecule has 2 saturated heterocycles. The quantitative estimate of drug-likeness (QED) is 0.544. The number of nitrogens with one attached hydrogen (secondary N) is 1. The Morgan fingerprint density at radius 1 is 1.31 bits per heavy atom. The molecule has 0 aliphatic carbocycles. The molecule has 3 rings (SSSR count). The summed E-state index contributed by atoms with van der Waals surface area (Å²) in [5.74, 6) is 1.92. The Kier molecular flexibility index (Phi) is 7.14. The van der Waals surface area contributed by atoms with Gasteiger partial charge in [0.15, 0.2) is 0 Å². The van der Waals surface area contributed by atoms with Gasteiger partial charge in [-0.05, 0) is 74.9 Å². The van der Waals surface area contributed by atoms with Crippen LogP contribution in [0.15, 0.2) is 29.5 Å². The van der Waals surface area contributed by atoms with Crippen molar-refractivity contribution in [2.24, 2.45) is 10.7 Å². The van der Waals surface area contributed by atoms with Crippen LogP contribution < -0.4 is 15.8 Å². The number of amides is 1. The number of aliphatic imine (C=N–C) groups is 1. The molecule has 7 heteroatoms. The number of nitrogens with two attached hydrogens (primary N) is 1. The van der Waals surface area contributed by atoms with Crippen LogP contribution in [0.5, 0.6) is 5.75 Å². The molecule has 0 saturated carbocycles. The number of hydrogen-bond donors (Lipinski definition) is 2. The first-order valence-corrected chi connectivity index (χ1v) is 10.4. The number of ether oxygens (including phenoxy) is 1. The number of benzene rings is 1. The second-order valence-electron chi connectivity index (χ2n) is 7.90. The second-order valence-corrected chi connectivity index (χ2v) is 7.90. The van der Waals surface area contributed by atoms with Gasteiger partial charge < -0.3 is 20.7 Å². The molecule has 0 spiro atoms. The van der Waals surface area contributed by atoms with Crippen molar-refractivity contribution in [3.8, 4) is 5.75 Å². The topological polar surface area (TPSA) is 83.2 Å². The molecule has 0 aromatic heterocycles. The molecule has 2 fully saturated rings. The summed E-state index contributed by atoms with van der Waals surface area (Å²) in [6, 6.07) is 4.17. The molecular formula is C22H33N5O2. The lowest BCUT2D eigenvalue weighted by Crippen LogP contribution is -2.43. The zero-order valence-corrected chi connectivity index (χ0v) is 17.6. The van der Waals surface area contributed by atoms with Gasteiger partial charge in [-0.25, -0.2) is 4.99 Å². The number of hydrogen-bond acceptors (Lipinski definition) is 5. The minimum atomic E-state index is 0.276. The number of methoxy groups -OCH3 is 1. The highest BCUT2D eigenvalue weighted by Gasteiger charge is 2.27. The highest BCUT2D eigenvalue weighted by Crippen LogP contribution is 2.37. The second kappa shape index (κ2) is 9.78. The van der Waals surface area contributed by atoms with Crippen LogP contribution in [0.25, 0.3) is 0 Å². The van der Waals surface area contributed by atoms with Crippen molar-refractivity contribution >= 4 is 17.9 Å². The lowest BCUT2D eigenvalue weighted by molar-refractivity contribution is -0.133. The van der Waals surface area contributed by atoms with Gasteiger partial charge >= 0.3 is 0 Å². The fourth-order valence-electron chi connectivity index (χ4n) is 4.36. The Morgan fingerprint density at radius 2 is 2.00 bits per heavy atom. The first-order valence-electron chi connectivity index (χ1n) is 10.4. The number of likely N-dealkylation sites (tertiary alicyclic amines) is 2. The molecule has 158 valence electrons. The fraction of sp³-hybridized carbons (Fsp3) is 0.545. The largest absolute Gasteiger partial charge is 0.495 e. The van der Waals surface area contributed by atoms with E-state index in [1.54, 1.807) is 7.11 Å². The first kappa shape index (κ1) is 21.2. The summed E-state index contributed by atoms with van der Waals surface area (Å²) in [4.78, 5) is 20.9. The zero-order valence-electron chi connectivity index (χ0n) is 17.6. The van der Waals surface area contributed by atoms with E-state index < -0.39 is 0 Å². The zero-order chi connectivity index (χ0) is 20.8. The first-order chi connectivity index (χ1) is 14.0. The molecular weight excluding hydrogens is 366 g/mol. The number of aryl methyl sites for hydroxylation is 1. The summed E-state index contributed by atoms with van der Waals surface area (Å²) < 4.78 is 5.59. The molecule has 7 nitrogen and oxygen atoms in total. The van der Waals surface area contributed by atoms with Gasteiger partial charge in [0.1, 0.15) is 11.6 Å². The third-order valence-corrected chi connectivity index (χ3v) is 5.94. The lowest BCUT2D eigenvalue weighted by atomic mass is 9.86. The number of carbonyl (C=O) groups excluding carboxylic acids is 1. The molecule has 3 N–H and O–H groups in total. The van der Waals surface area contributed by atoms with E-state index in [2.05, 4.69) is 40.8 Å². The van der Waals surface area contributed by atoms with Crippen molar-refractivity contribution in [2.75, 3.05) is 45.2 Å². The van der Waals surface area contributed by atoms with Gasteiger partial charge in [0.2, 0.25) is 5.91 Å². The highest BCUT2D eigenvalue weighted by atomic mass is 16.5. The molecule has 0 bridgehead atoms.